The number of aryl methyl sites for hydroxylation is 2. The van der Waals surface area contributed by atoms with Gasteiger partial charge in [0.15, 0.2) is 5.69 Å². The minimum atomic E-state index is -0.835. The molecule has 26 heavy (non-hydrogen) atoms. The summed E-state index contributed by atoms with van der Waals surface area (Å²) in [6.07, 6.45) is 1.51. The average Bonchev–Trinajstić information content (AvgIpc) is 3.13. The molecule has 140 valence electrons. The Kier molecular flexibility index (Phi) is 5.38. The normalized spacial score (nSPS) is 11.9. The van der Waals surface area contributed by atoms with Gasteiger partial charge in [0.05, 0.1) is 17.7 Å². The number of nitro groups is 1. The summed E-state index contributed by atoms with van der Waals surface area (Å²) in [7, 11) is 1.22. The Morgan fingerprint density at radius 3 is 2.54 bits per heavy atom. The lowest BCUT2D eigenvalue weighted by Gasteiger charge is -2.13. The number of carbonyl (C=O) groups excluding carboxylic acids is 2. The van der Waals surface area contributed by atoms with E-state index < -0.39 is 22.8 Å². The number of anilines is 1. The molecule has 2 aromatic rings. The molecule has 0 bridgehead atoms. The van der Waals surface area contributed by atoms with Crippen LogP contribution in [0.2, 0.25) is 0 Å². The van der Waals surface area contributed by atoms with Crippen molar-refractivity contribution in [3.8, 4) is 0 Å². The molecule has 0 spiro atoms. The van der Waals surface area contributed by atoms with Crippen molar-refractivity contribution >= 4 is 23.3 Å². The molecule has 0 saturated carbocycles. The molecule has 11 heteroatoms. The Morgan fingerprint density at radius 2 is 2.04 bits per heavy atom. The summed E-state index contributed by atoms with van der Waals surface area (Å²) >= 11 is 0. The number of aromatic nitrogens is 4. The summed E-state index contributed by atoms with van der Waals surface area (Å²) in [6, 6.07) is -0.835. The van der Waals surface area contributed by atoms with Crippen molar-refractivity contribution in [3.05, 3.63) is 33.4 Å². The van der Waals surface area contributed by atoms with Crippen molar-refractivity contribution in [1.29, 1.82) is 0 Å². The third-order valence-electron chi connectivity index (χ3n) is 3.94. The molecule has 2 rings (SSSR count). The zero-order valence-electron chi connectivity index (χ0n) is 15.1. The van der Waals surface area contributed by atoms with Crippen LogP contribution in [0.3, 0.4) is 0 Å². The van der Waals surface area contributed by atoms with Crippen molar-refractivity contribution < 1.29 is 19.2 Å². The van der Waals surface area contributed by atoms with E-state index in [9.17, 15) is 19.7 Å². The Morgan fingerprint density at radius 1 is 1.38 bits per heavy atom. The maximum atomic E-state index is 12.6. The lowest BCUT2D eigenvalue weighted by molar-refractivity contribution is -0.386. The lowest BCUT2D eigenvalue weighted by atomic mass is 10.2. The molecule has 0 radical (unpaired) electrons. The van der Waals surface area contributed by atoms with E-state index in [4.69, 9.17) is 0 Å². The Bertz CT molecular complexity index is 868. The highest BCUT2D eigenvalue weighted by molar-refractivity contribution is 6.00. The first kappa shape index (κ1) is 19.1. The van der Waals surface area contributed by atoms with Crippen LogP contribution in [0.5, 0.6) is 0 Å². The second-order valence-corrected chi connectivity index (χ2v) is 5.62. The average molecular weight is 364 g/mol. The third kappa shape index (κ3) is 3.41. The van der Waals surface area contributed by atoms with Gasteiger partial charge in [0.25, 0.3) is 0 Å². The number of rotatable bonds is 6. The molecule has 0 aromatic carbocycles. The van der Waals surface area contributed by atoms with Crippen LogP contribution in [0.1, 0.15) is 41.8 Å². The Balaban J connectivity index is 2.31. The van der Waals surface area contributed by atoms with Crippen molar-refractivity contribution in [2.45, 2.75) is 40.3 Å². The molecule has 0 saturated heterocycles. The van der Waals surface area contributed by atoms with Gasteiger partial charge in [0.1, 0.15) is 17.4 Å². The molecule has 0 aliphatic heterocycles. The van der Waals surface area contributed by atoms with Gasteiger partial charge >= 0.3 is 11.7 Å². The van der Waals surface area contributed by atoms with E-state index in [2.05, 4.69) is 20.3 Å². The number of hydrogen-bond donors (Lipinski definition) is 1. The number of nitrogens with one attached hydrogen (secondary N) is 1. The van der Waals surface area contributed by atoms with E-state index in [-0.39, 0.29) is 28.5 Å². The predicted molar refractivity (Wildman–Crippen MR) is 90.9 cm³/mol. The molecule has 1 amide bonds. The SMILES string of the molecule is CCn1cc(NC(=O)C(C)n2nc(C)c([N+](=O)[O-])c2C)c(C(=O)OC)n1. The molecular formula is C15H20N6O5. The van der Waals surface area contributed by atoms with Crippen LogP contribution in [0.4, 0.5) is 11.4 Å². The minimum Gasteiger partial charge on any atom is -0.464 e. The van der Waals surface area contributed by atoms with Gasteiger partial charge in [0.2, 0.25) is 5.91 Å². The number of amides is 1. The van der Waals surface area contributed by atoms with Crippen LogP contribution in [-0.4, -0.2) is 43.5 Å². The van der Waals surface area contributed by atoms with Crippen molar-refractivity contribution in [2.75, 3.05) is 12.4 Å². The number of nitrogens with zero attached hydrogens (tertiary/aromatic N) is 5. The van der Waals surface area contributed by atoms with Crippen molar-refractivity contribution in [2.24, 2.45) is 0 Å². The first-order valence-corrected chi connectivity index (χ1v) is 7.87. The maximum Gasteiger partial charge on any atom is 0.360 e. The van der Waals surface area contributed by atoms with Gasteiger partial charge in [-0.1, -0.05) is 0 Å². The summed E-state index contributed by atoms with van der Waals surface area (Å²) < 4.78 is 7.44. The predicted octanol–water partition coefficient (Wildman–Crippen LogP) is 1.61. The van der Waals surface area contributed by atoms with Crippen LogP contribution in [0.15, 0.2) is 6.20 Å². The molecule has 0 aliphatic carbocycles. The molecule has 2 heterocycles. The third-order valence-corrected chi connectivity index (χ3v) is 3.94. The van der Waals surface area contributed by atoms with E-state index in [1.165, 1.54) is 36.5 Å². The summed E-state index contributed by atoms with van der Waals surface area (Å²) in [5.74, 6) is -1.17. The molecule has 0 fully saturated rings. The highest BCUT2D eigenvalue weighted by atomic mass is 16.6. The summed E-state index contributed by atoms with van der Waals surface area (Å²) in [4.78, 5) is 35.0. The molecule has 1 unspecified atom stereocenters. The zero-order chi connectivity index (χ0) is 19.6. The van der Waals surface area contributed by atoms with E-state index >= 15 is 0 Å². The quantitative estimate of drug-likeness (QED) is 0.467. The second kappa shape index (κ2) is 7.33. The molecule has 0 aliphatic rings. The Hall–Kier alpha value is -3.24. The smallest absolute Gasteiger partial charge is 0.360 e. The standard InChI is InChI=1S/C15H20N6O5/c1-6-19-7-11(12(18-19)15(23)26-5)16-14(22)10(4)20-9(3)13(21(24)25)8(2)17-20/h7,10H,6H2,1-5H3,(H,16,22). The van der Waals surface area contributed by atoms with Gasteiger partial charge in [-0.2, -0.15) is 10.2 Å². The highest BCUT2D eigenvalue weighted by Gasteiger charge is 2.28. The number of carbonyl (C=O) groups is 2. The number of hydrogen-bond acceptors (Lipinski definition) is 7. The van der Waals surface area contributed by atoms with E-state index in [1.54, 1.807) is 6.92 Å². The highest BCUT2D eigenvalue weighted by Crippen LogP contribution is 2.25. The zero-order valence-corrected chi connectivity index (χ0v) is 15.1. The van der Waals surface area contributed by atoms with Gasteiger partial charge in [0, 0.05) is 12.7 Å². The fraction of sp³-hybridized carbons (Fsp3) is 0.467. The minimum absolute atomic E-state index is 0.0192. The summed E-state index contributed by atoms with van der Waals surface area (Å²) in [5.41, 5.74) is 0.549. The second-order valence-electron chi connectivity index (χ2n) is 5.62. The lowest BCUT2D eigenvalue weighted by Crippen LogP contribution is -2.26. The van der Waals surface area contributed by atoms with Crippen molar-refractivity contribution in [3.63, 3.8) is 0 Å². The first-order valence-electron chi connectivity index (χ1n) is 7.87. The van der Waals surface area contributed by atoms with E-state index in [1.807, 2.05) is 6.92 Å². The van der Waals surface area contributed by atoms with Gasteiger partial charge in [-0.3, -0.25) is 24.3 Å². The van der Waals surface area contributed by atoms with Crippen LogP contribution < -0.4 is 5.32 Å². The number of methoxy groups -OCH3 is 1. The van der Waals surface area contributed by atoms with Gasteiger partial charge in [-0.05, 0) is 27.7 Å². The number of ether oxygens (including phenoxy) is 1. The summed E-state index contributed by atoms with van der Waals surface area (Å²) in [6.45, 7) is 6.92. The molecule has 1 N–H and O–H groups in total. The van der Waals surface area contributed by atoms with Crippen LogP contribution in [-0.2, 0) is 16.1 Å². The molecular weight excluding hydrogens is 344 g/mol. The molecule has 1 atom stereocenters. The van der Waals surface area contributed by atoms with Crippen LogP contribution >= 0.6 is 0 Å². The van der Waals surface area contributed by atoms with Gasteiger partial charge in [-0.15, -0.1) is 0 Å². The number of esters is 1. The monoisotopic (exact) mass is 364 g/mol. The van der Waals surface area contributed by atoms with E-state index in [0.29, 0.717) is 6.54 Å². The van der Waals surface area contributed by atoms with E-state index in [0.717, 1.165) is 0 Å². The fourth-order valence-corrected chi connectivity index (χ4v) is 2.57. The van der Waals surface area contributed by atoms with Gasteiger partial charge < -0.3 is 10.1 Å². The molecule has 2 aromatic heterocycles. The first-order chi connectivity index (χ1) is 12.2. The van der Waals surface area contributed by atoms with Gasteiger partial charge in [-0.25, -0.2) is 4.79 Å². The van der Waals surface area contributed by atoms with Crippen molar-refractivity contribution in [1.82, 2.24) is 19.6 Å². The summed E-state index contributed by atoms with van der Waals surface area (Å²) in [5, 5.41) is 21.9. The van der Waals surface area contributed by atoms with Crippen LogP contribution in [0, 0.1) is 24.0 Å². The molecule has 11 nitrogen and oxygen atoms in total. The topological polar surface area (TPSA) is 134 Å². The van der Waals surface area contributed by atoms with Crippen LogP contribution in [0.25, 0.3) is 0 Å². The fourth-order valence-electron chi connectivity index (χ4n) is 2.57. The largest absolute Gasteiger partial charge is 0.464 e. The maximum absolute atomic E-state index is 12.6. The Labute approximate surface area is 149 Å².